The fraction of sp³-hybridized carbons (Fsp3) is 0.667. The van der Waals surface area contributed by atoms with Crippen molar-refractivity contribution >= 4 is 5.82 Å². The minimum atomic E-state index is 0.265. The first-order chi connectivity index (χ1) is 7.63. The van der Waals surface area contributed by atoms with Gasteiger partial charge in [-0.1, -0.05) is 33.6 Å². The van der Waals surface area contributed by atoms with Gasteiger partial charge in [0.25, 0.3) is 0 Å². The fourth-order valence-corrected chi connectivity index (χ4v) is 1.32. The molecule has 0 radical (unpaired) electrons. The Morgan fingerprint density at radius 2 is 2.06 bits per heavy atom. The Kier molecular flexibility index (Phi) is 5.02. The minimum Gasteiger partial charge on any atom is -0.478 e. The van der Waals surface area contributed by atoms with Crippen molar-refractivity contribution in [3.05, 3.63) is 11.9 Å². The third-order valence-corrected chi connectivity index (χ3v) is 2.25. The van der Waals surface area contributed by atoms with Gasteiger partial charge in [-0.25, -0.2) is 4.98 Å². The van der Waals surface area contributed by atoms with Gasteiger partial charge in [0, 0.05) is 12.0 Å². The van der Waals surface area contributed by atoms with E-state index in [0.29, 0.717) is 18.3 Å². The Hall–Kier alpha value is -1.32. The zero-order chi connectivity index (χ0) is 12.0. The van der Waals surface area contributed by atoms with Gasteiger partial charge in [0.2, 0.25) is 5.88 Å². The third-order valence-electron chi connectivity index (χ3n) is 2.25. The van der Waals surface area contributed by atoms with E-state index < -0.39 is 0 Å². The van der Waals surface area contributed by atoms with Crippen LogP contribution in [0.25, 0.3) is 0 Å². The normalized spacial score (nSPS) is 10.8. The minimum absolute atomic E-state index is 0.265. The molecule has 0 spiro atoms. The molecule has 0 unspecified atom stereocenters. The van der Waals surface area contributed by atoms with Crippen LogP contribution in [-0.4, -0.2) is 16.6 Å². The third kappa shape index (κ3) is 4.04. The lowest BCUT2D eigenvalue weighted by Crippen LogP contribution is -2.05. The lowest BCUT2D eigenvalue weighted by atomic mass is 10.2. The second-order valence-corrected chi connectivity index (χ2v) is 4.20. The molecule has 1 heterocycles. The zero-order valence-electron chi connectivity index (χ0n) is 10.4. The highest BCUT2D eigenvalue weighted by Gasteiger charge is 2.06. The monoisotopic (exact) mass is 223 g/mol. The van der Waals surface area contributed by atoms with E-state index in [1.54, 1.807) is 6.07 Å². The molecule has 0 aliphatic heterocycles. The van der Waals surface area contributed by atoms with E-state index in [1.165, 1.54) is 12.8 Å². The number of hydrogen-bond acceptors (Lipinski definition) is 4. The number of hydrogen-bond donors (Lipinski definition) is 1. The van der Waals surface area contributed by atoms with Gasteiger partial charge in [-0.05, 0) is 6.42 Å². The van der Waals surface area contributed by atoms with Crippen molar-refractivity contribution in [1.82, 2.24) is 9.97 Å². The van der Waals surface area contributed by atoms with Crippen LogP contribution >= 0.6 is 0 Å². The number of ether oxygens (including phenoxy) is 1. The van der Waals surface area contributed by atoms with Crippen LogP contribution in [0.2, 0.25) is 0 Å². The molecule has 0 fully saturated rings. The molecule has 16 heavy (non-hydrogen) atoms. The smallest absolute Gasteiger partial charge is 0.218 e. The molecule has 0 saturated carbocycles. The molecular formula is C12H21N3O. The second-order valence-electron chi connectivity index (χ2n) is 4.20. The van der Waals surface area contributed by atoms with Crippen molar-refractivity contribution < 1.29 is 4.74 Å². The van der Waals surface area contributed by atoms with E-state index in [4.69, 9.17) is 10.5 Å². The SMILES string of the molecule is CCCCCOc1cc(N)nc(C(C)C)n1. The lowest BCUT2D eigenvalue weighted by Gasteiger charge is -2.09. The van der Waals surface area contributed by atoms with Crippen LogP contribution in [0.15, 0.2) is 6.07 Å². The molecule has 1 rings (SSSR count). The maximum atomic E-state index is 5.70. The Morgan fingerprint density at radius 3 is 2.69 bits per heavy atom. The Labute approximate surface area is 97.2 Å². The van der Waals surface area contributed by atoms with Crippen LogP contribution in [0.4, 0.5) is 5.82 Å². The standard InChI is InChI=1S/C12H21N3O/c1-4-5-6-7-16-11-8-10(13)14-12(15-11)9(2)3/h8-9H,4-7H2,1-3H3,(H2,13,14,15). The molecule has 1 aromatic heterocycles. The first kappa shape index (κ1) is 12.7. The van der Waals surface area contributed by atoms with Gasteiger partial charge in [0.05, 0.1) is 6.61 Å². The number of nitrogens with zero attached hydrogens (tertiary/aromatic N) is 2. The maximum absolute atomic E-state index is 5.70. The highest BCUT2D eigenvalue weighted by Crippen LogP contribution is 2.16. The summed E-state index contributed by atoms with van der Waals surface area (Å²) in [6, 6.07) is 1.68. The molecule has 0 saturated heterocycles. The molecule has 0 aromatic carbocycles. The number of anilines is 1. The van der Waals surface area contributed by atoms with Gasteiger partial charge in [-0.3, -0.25) is 0 Å². The molecular weight excluding hydrogens is 202 g/mol. The summed E-state index contributed by atoms with van der Waals surface area (Å²) in [6.07, 6.45) is 3.42. The first-order valence-corrected chi connectivity index (χ1v) is 5.90. The summed E-state index contributed by atoms with van der Waals surface area (Å²) < 4.78 is 5.55. The molecule has 0 bridgehead atoms. The summed E-state index contributed by atoms with van der Waals surface area (Å²) in [5.41, 5.74) is 5.70. The number of aromatic nitrogens is 2. The molecule has 0 aliphatic carbocycles. The molecule has 0 amide bonds. The predicted octanol–water partition coefficient (Wildman–Crippen LogP) is 2.75. The molecule has 1 aromatic rings. The number of nitrogens with two attached hydrogens (primary N) is 1. The molecule has 2 N–H and O–H groups in total. The van der Waals surface area contributed by atoms with Gasteiger partial charge in [0.1, 0.15) is 11.6 Å². The van der Waals surface area contributed by atoms with Crippen LogP contribution in [0.3, 0.4) is 0 Å². The summed E-state index contributed by atoms with van der Waals surface area (Å²) >= 11 is 0. The fourth-order valence-electron chi connectivity index (χ4n) is 1.32. The van der Waals surface area contributed by atoms with Gasteiger partial charge in [0.15, 0.2) is 0 Å². The topological polar surface area (TPSA) is 61.0 Å². The summed E-state index contributed by atoms with van der Waals surface area (Å²) in [4.78, 5) is 8.48. The predicted molar refractivity (Wildman–Crippen MR) is 65.6 cm³/mol. The van der Waals surface area contributed by atoms with Crippen molar-refractivity contribution in [2.45, 2.75) is 46.0 Å². The van der Waals surface area contributed by atoms with Gasteiger partial charge >= 0.3 is 0 Å². The Morgan fingerprint density at radius 1 is 1.31 bits per heavy atom. The van der Waals surface area contributed by atoms with Gasteiger partial charge in [-0.15, -0.1) is 0 Å². The van der Waals surface area contributed by atoms with Crippen molar-refractivity contribution in [1.29, 1.82) is 0 Å². The second kappa shape index (κ2) is 6.30. The van der Waals surface area contributed by atoms with E-state index in [1.807, 2.05) is 13.8 Å². The molecule has 90 valence electrons. The molecule has 0 atom stereocenters. The van der Waals surface area contributed by atoms with Gasteiger partial charge in [-0.2, -0.15) is 4.98 Å². The summed E-state index contributed by atoms with van der Waals surface area (Å²) in [6.45, 7) is 6.94. The van der Waals surface area contributed by atoms with Gasteiger partial charge < -0.3 is 10.5 Å². The average Bonchev–Trinajstić information content (AvgIpc) is 2.23. The van der Waals surface area contributed by atoms with E-state index in [-0.39, 0.29) is 5.92 Å². The van der Waals surface area contributed by atoms with Crippen molar-refractivity contribution in [3.8, 4) is 5.88 Å². The van der Waals surface area contributed by atoms with Crippen LogP contribution in [0.1, 0.15) is 51.8 Å². The molecule has 0 aliphatic rings. The van der Waals surface area contributed by atoms with Crippen molar-refractivity contribution in [3.63, 3.8) is 0 Å². The van der Waals surface area contributed by atoms with Crippen molar-refractivity contribution in [2.75, 3.05) is 12.3 Å². The number of rotatable bonds is 6. The average molecular weight is 223 g/mol. The first-order valence-electron chi connectivity index (χ1n) is 5.90. The quantitative estimate of drug-likeness (QED) is 0.753. The van der Waals surface area contributed by atoms with Crippen LogP contribution < -0.4 is 10.5 Å². The van der Waals surface area contributed by atoms with Crippen LogP contribution in [0, 0.1) is 0 Å². The van der Waals surface area contributed by atoms with E-state index in [0.717, 1.165) is 12.2 Å². The highest BCUT2D eigenvalue weighted by molar-refractivity contribution is 5.33. The number of nitrogen functional groups attached to an aromatic ring is 1. The maximum Gasteiger partial charge on any atom is 0.218 e. The lowest BCUT2D eigenvalue weighted by molar-refractivity contribution is 0.293. The Balaban J connectivity index is 2.58. The summed E-state index contributed by atoms with van der Waals surface area (Å²) in [5.74, 6) is 2.07. The van der Waals surface area contributed by atoms with Crippen LogP contribution in [-0.2, 0) is 0 Å². The summed E-state index contributed by atoms with van der Waals surface area (Å²) in [7, 11) is 0. The van der Waals surface area contributed by atoms with Crippen LogP contribution in [0.5, 0.6) is 5.88 Å². The summed E-state index contributed by atoms with van der Waals surface area (Å²) in [5, 5.41) is 0. The van der Waals surface area contributed by atoms with E-state index >= 15 is 0 Å². The molecule has 4 heteroatoms. The Bertz CT molecular complexity index is 326. The number of unbranched alkanes of at least 4 members (excludes halogenated alkanes) is 2. The zero-order valence-corrected chi connectivity index (χ0v) is 10.4. The van der Waals surface area contributed by atoms with E-state index in [2.05, 4.69) is 16.9 Å². The van der Waals surface area contributed by atoms with E-state index in [9.17, 15) is 0 Å². The largest absolute Gasteiger partial charge is 0.478 e. The highest BCUT2D eigenvalue weighted by atomic mass is 16.5. The van der Waals surface area contributed by atoms with Crippen molar-refractivity contribution in [2.24, 2.45) is 0 Å². The molecule has 4 nitrogen and oxygen atoms in total.